The van der Waals surface area contributed by atoms with E-state index in [0.717, 1.165) is 13.1 Å². The number of hydrogen-bond acceptors (Lipinski definition) is 3. The highest BCUT2D eigenvalue weighted by molar-refractivity contribution is 14.0. The highest BCUT2D eigenvalue weighted by Crippen LogP contribution is 2.15. The van der Waals surface area contributed by atoms with E-state index in [-0.39, 0.29) is 29.4 Å². The van der Waals surface area contributed by atoms with Crippen LogP contribution in [0.5, 0.6) is 0 Å². The van der Waals surface area contributed by atoms with Crippen molar-refractivity contribution in [3.63, 3.8) is 0 Å². The molecule has 0 aliphatic heterocycles. The summed E-state index contributed by atoms with van der Waals surface area (Å²) < 4.78 is 4.91. The van der Waals surface area contributed by atoms with Gasteiger partial charge in [0.05, 0.1) is 6.61 Å². The SMILES string of the molecule is COCCNC(N)=NCC(C)(C)CN(C)C.I. The van der Waals surface area contributed by atoms with Crippen LogP contribution in [0.1, 0.15) is 13.8 Å². The highest BCUT2D eigenvalue weighted by Gasteiger charge is 2.18. The van der Waals surface area contributed by atoms with Crippen LogP contribution in [0.25, 0.3) is 0 Å². The molecule has 0 aromatic rings. The summed E-state index contributed by atoms with van der Waals surface area (Å²) in [5, 5.41) is 3.00. The molecular weight excluding hydrogens is 331 g/mol. The molecule has 0 radical (unpaired) electrons. The standard InChI is InChI=1S/C11H26N4O.HI/c1-11(2,9-15(3)4)8-14-10(12)13-6-7-16-5;/h6-9H2,1-5H3,(H3,12,13,14);1H. The van der Waals surface area contributed by atoms with Gasteiger partial charge in [0.1, 0.15) is 0 Å². The maximum absolute atomic E-state index is 5.72. The number of methoxy groups -OCH3 is 1. The maximum atomic E-state index is 5.72. The van der Waals surface area contributed by atoms with Gasteiger partial charge in [-0.15, -0.1) is 24.0 Å². The van der Waals surface area contributed by atoms with Gasteiger partial charge in [-0.1, -0.05) is 13.8 Å². The van der Waals surface area contributed by atoms with Crippen molar-refractivity contribution in [1.82, 2.24) is 10.2 Å². The lowest BCUT2D eigenvalue weighted by Gasteiger charge is -2.26. The molecule has 5 nitrogen and oxygen atoms in total. The molecule has 0 aliphatic rings. The molecule has 3 N–H and O–H groups in total. The summed E-state index contributed by atoms with van der Waals surface area (Å²) in [5.41, 5.74) is 5.86. The van der Waals surface area contributed by atoms with Gasteiger partial charge >= 0.3 is 0 Å². The molecular formula is C11H27IN4O. The molecule has 0 aromatic heterocycles. The monoisotopic (exact) mass is 358 g/mol. The molecule has 0 aliphatic carbocycles. The van der Waals surface area contributed by atoms with Crippen LogP contribution in [0.4, 0.5) is 0 Å². The number of halogens is 1. The summed E-state index contributed by atoms with van der Waals surface area (Å²) in [6.07, 6.45) is 0. The topological polar surface area (TPSA) is 62.9 Å². The summed E-state index contributed by atoms with van der Waals surface area (Å²) in [5.74, 6) is 0.490. The van der Waals surface area contributed by atoms with Crippen LogP contribution in [0.15, 0.2) is 4.99 Å². The Bertz CT molecular complexity index is 220. The zero-order valence-electron chi connectivity index (χ0n) is 11.6. The number of nitrogens with one attached hydrogen (secondary N) is 1. The Kier molecular flexibility index (Phi) is 11.2. The first-order valence-electron chi connectivity index (χ1n) is 5.55. The minimum absolute atomic E-state index is 0. The average molecular weight is 358 g/mol. The van der Waals surface area contributed by atoms with Gasteiger partial charge in [0.2, 0.25) is 0 Å². The van der Waals surface area contributed by atoms with Crippen LogP contribution in [0.2, 0.25) is 0 Å². The predicted octanol–water partition coefficient (Wildman–Crippen LogP) is 0.743. The first kappa shape index (κ1) is 19.3. The first-order chi connectivity index (χ1) is 7.37. The van der Waals surface area contributed by atoms with Crippen molar-refractivity contribution in [2.24, 2.45) is 16.1 Å². The quantitative estimate of drug-likeness (QED) is 0.305. The third-order valence-corrected chi connectivity index (χ3v) is 2.03. The number of nitrogens with two attached hydrogens (primary N) is 1. The van der Waals surface area contributed by atoms with Gasteiger partial charge in [0.15, 0.2) is 5.96 Å². The molecule has 104 valence electrons. The van der Waals surface area contributed by atoms with Crippen LogP contribution >= 0.6 is 24.0 Å². The van der Waals surface area contributed by atoms with Crippen LogP contribution in [-0.2, 0) is 4.74 Å². The first-order valence-corrected chi connectivity index (χ1v) is 5.55. The lowest BCUT2D eigenvalue weighted by Crippen LogP contribution is -2.36. The normalized spacial score (nSPS) is 12.5. The molecule has 0 heterocycles. The van der Waals surface area contributed by atoms with Crippen molar-refractivity contribution in [2.75, 3.05) is 47.4 Å². The van der Waals surface area contributed by atoms with E-state index in [1.807, 2.05) is 0 Å². The van der Waals surface area contributed by atoms with Crippen molar-refractivity contribution >= 4 is 29.9 Å². The smallest absolute Gasteiger partial charge is 0.188 e. The summed E-state index contributed by atoms with van der Waals surface area (Å²) in [6.45, 7) is 7.40. The Balaban J connectivity index is 0. The van der Waals surface area contributed by atoms with Crippen molar-refractivity contribution < 1.29 is 4.74 Å². The molecule has 0 saturated carbocycles. The maximum Gasteiger partial charge on any atom is 0.188 e. The zero-order chi connectivity index (χ0) is 12.6. The van der Waals surface area contributed by atoms with E-state index >= 15 is 0 Å². The molecule has 0 spiro atoms. The fourth-order valence-corrected chi connectivity index (χ4v) is 1.54. The number of rotatable bonds is 7. The number of ether oxygens (including phenoxy) is 1. The Morgan fingerprint density at radius 2 is 2.00 bits per heavy atom. The van der Waals surface area contributed by atoms with E-state index < -0.39 is 0 Å². The largest absolute Gasteiger partial charge is 0.383 e. The van der Waals surface area contributed by atoms with Crippen LogP contribution in [-0.4, -0.2) is 58.3 Å². The summed E-state index contributed by atoms with van der Waals surface area (Å²) in [6, 6.07) is 0. The van der Waals surface area contributed by atoms with Crippen LogP contribution in [0.3, 0.4) is 0 Å². The minimum atomic E-state index is 0. The molecule has 0 amide bonds. The van der Waals surface area contributed by atoms with E-state index in [4.69, 9.17) is 10.5 Å². The predicted molar refractivity (Wildman–Crippen MR) is 84.1 cm³/mol. The second kappa shape index (κ2) is 9.90. The van der Waals surface area contributed by atoms with Gasteiger partial charge in [-0.05, 0) is 19.5 Å². The molecule has 17 heavy (non-hydrogen) atoms. The molecule has 0 unspecified atom stereocenters. The number of nitrogens with zero attached hydrogens (tertiary/aromatic N) is 2. The average Bonchev–Trinajstić information content (AvgIpc) is 2.13. The minimum Gasteiger partial charge on any atom is -0.383 e. The highest BCUT2D eigenvalue weighted by atomic mass is 127. The van der Waals surface area contributed by atoms with Crippen LogP contribution < -0.4 is 11.1 Å². The van der Waals surface area contributed by atoms with Gasteiger partial charge in [-0.25, -0.2) is 0 Å². The van der Waals surface area contributed by atoms with Crippen molar-refractivity contribution in [3.05, 3.63) is 0 Å². The lowest BCUT2D eigenvalue weighted by atomic mass is 9.93. The molecule has 0 atom stereocenters. The Morgan fingerprint density at radius 1 is 1.41 bits per heavy atom. The van der Waals surface area contributed by atoms with Gasteiger partial charge < -0.3 is 20.7 Å². The zero-order valence-corrected chi connectivity index (χ0v) is 13.9. The number of guanidine groups is 1. The van der Waals surface area contributed by atoms with E-state index in [1.165, 1.54) is 0 Å². The fourth-order valence-electron chi connectivity index (χ4n) is 1.54. The third-order valence-electron chi connectivity index (χ3n) is 2.03. The number of aliphatic imine (C=N–C) groups is 1. The van der Waals surface area contributed by atoms with E-state index in [2.05, 4.69) is 43.2 Å². The van der Waals surface area contributed by atoms with Crippen LogP contribution in [0, 0.1) is 5.41 Å². The second-order valence-corrected chi connectivity index (χ2v) is 5.02. The summed E-state index contributed by atoms with van der Waals surface area (Å²) in [4.78, 5) is 6.48. The molecule has 0 bridgehead atoms. The van der Waals surface area contributed by atoms with Gasteiger partial charge in [0.25, 0.3) is 0 Å². The van der Waals surface area contributed by atoms with E-state index in [1.54, 1.807) is 7.11 Å². The fraction of sp³-hybridized carbons (Fsp3) is 0.909. The molecule has 0 saturated heterocycles. The van der Waals surface area contributed by atoms with Crippen molar-refractivity contribution in [3.8, 4) is 0 Å². The molecule has 6 heteroatoms. The van der Waals surface area contributed by atoms with Gasteiger partial charge in [0, 0.05) is 26.7 Å². The third kappa shape index (κ3) is 12.2. The summed E-state index contributed by atoms with van der Waals surface area (Å²) >= 11 is 0. The Morgan fingerprint density at radius 3 is 2.47 bits per heavy atom. The lowest BCUT2D eigenvalue weighted by molar-refractivity contribution is 0.203. The molecule has 0 fully saturated rings. The second-order valence-electron chi connectivity index (χ2n) is 5.02. The van der Waals surface area contributed by atoms with Crippen molar-refractivity contribution in [1.29, 1.82) is 0 Å². The molecule has 0 rings (SSSR count). The van der Waals surface area contributed by atoms with E-state index in [0.29, 0.717) is 19.1 Å². The number of hydrogen-bond donors (Lipinski definition) is 2. The Labute approximate surface area is 122 Å². The van der Waals surface area contributed by atoms with E-state index in [9.17, 15) is 0 Å². The van der Waals surface area contributed by atoms with Gasteiger partial charge in [-0.2, -0.15) is 0 Å². The van der Waals surface area contributed by atoms with Crippen molar-refractivity contribution in [2.45, 2.75) is 13.8 Å². The summed E-state index contributed by atoms with van der Waals surface area (Å²) in [7, 11) is 5.78. The Hall–Kier alpha value is -0.0800. The van der Waals surface area contributed by atoms with Gasteiger partial charge in [-0.3, -0.25) is 4.99 Å². The molecule has 0 aromatic carbocycles.